The van der Waals surface area contributed by atoms with E-state index < -0.39 is 11.5 Å². The number of nitrogens with zero attached hydrogens (tertiary/aromatic N) is 3. The van der Waals surface area contributed by atoms with Crippen molar-refractivity contribution in [3.05, 3.63) is 18.2 Å². The quantitative estimate of drug-likeness (QED) is 0.826. The standard InChI is InChI=1S/C15H26N4O2/c1-4-17-15(14(20)21)7-5-6-12(10-15)19(3)11-13-16-8-9-18(13)2/h8-9,12,17H,4-7,10-11H2,1-3H3,(H,20,21). The second kappa shape index (κ2) is 6.58. The Hall–Kier alpha value is -1.40. The van der Waals surface area contributed by atoms with Gasteiger partial charge in [-0.15, -0.1) is 0 Å². The second-order valence-corrected chi connectivity index (χ2v) is 6.04. The summed E-state index contributed by atoms with van der Waals surface area (Å²) in [6.45, 7) is 3.39. The van der Waals surface area contributed by atoms with Gasteiger partial charge in [-0.1, -0.05) is 6.92 Å². The van der Waals surface area contributed by atoms with Crippen LogP contribution in [0.4, 0.5) is 0 Å². The minimum Gasteiger partial charge on any atom is -0.480 e. The largest absolute Gasteiger partial charge is 0.480 e. The molecule has 1 heterocycles. The summed E-state index contributed by atoms with van der Waals surface area (Å²) in [5, 5.41) is 12.8. The first-order valence-electron chi connectivity index (χ1n) is 7.63. The Labute approximate surface area is 126 Å². The van der Waals surface area contributed by atoms with Crippen molar-refractivity contribution in [2.75, 3.05) is 13.6 Å². The number of aryl methyl sites for hydroxylation is 1. The lowest BCUT2D eigenvalue weighted by Gasteiger charge is -2.41. The third kappa shape index (κ3) is 3.44. The predicted molar refractivity (Wildman–Crippen MR) is 81.0 cm³/mol. The van der Waals surface area contributed by atoms with Crippen LogP contribution in [0.5, 0.6) is 0 Å². The lowest BCUT2D eigenvalue weighted by molar-refractivity contribution is -0.147. The number of rotatable bonds is 6. The Morgan fingerprint density at radius 1 is 1.67 bits per heavy atom. The van der Waals surface area contributed by atoms with E-state index in [4.69, 9.17) is 0 Å². The molecule has 2 unspecified atom stereocenters. The van der Waals surface area contributed by atoms with E-state index in [1.54, 1.807) is 6.20 Å². The van der Waals surface area contributed by atoms with Crippen LogP contribution in [0.25, 0.3) is 0 Å². The summed E-state index contributed by atoms with van der Waals surface area (Å²) in [6.07, 6.45) is 7.07. The van der Waals surface area contributed by atoms with Gasteiger partial charge in [0.2, 0.25) is 0 Å². The van der Waals surface area contributed by atoms with Gasteiger partial charge in [0, 0.05) is 25.5 Å². The Morgan fingerprint density at radius 2 is 2.43 bits per heavy atom. The van der Waals surface area contributed by atoms with Crippen molar-refractivity contribution in [1.29, 1.82) is 0 Å². The van der Waals surface area contributed by atoms with Gasteiger partial charge in [-0.25, -0.2) is 4.98 Å². The number of imidazole rings is 1. The van der Waals surface area contributed by atoms with Crippen LogP contribution in [0.2, 0.25) is 0 Å². The van der Waals surface area contributed by atoms with Crippen molar-refractivity contribution in [2.45, 2.75) is 50.7 Å². The Bertz CT molecular complexity index is 484. The van der Waals surface area contributed by atoms with Gasteiger partial charge in [0.25, 0.3) is 0 Å². The van der Waals surface area contributed by atoms with E-state index >= 15 is 0 Å². The van der Waals surface area contributed by atoms with Gasteiger partial charge < -0.3 is 15.0 Å². The third-order valence-corrected chi connectivity index (χ3v) is 4.58. The summed E-state index contributed by atoms with van der Waals surface area (Å²) in [5.74, 6) is 0.284. The molecule has 0 aliphatic heterocycles. The van der Waals surface area contributed by atoms with Crippen LogP contribution >= 0.6 is 0 Å². The first-order chi connectivity index (χ1) is 9.98. The summed E-state index contributed by atoms with van der Waals surface area (Å²) in [7, 11) is 4.04. The molecule has 21 heavy (non-hydrogen) atoms. The second-order valence-electron chi connectivity index (χ2n) is 6.04. The lowest BCUT2D eigenvalue weighted by atomic mass is 9.78. The molecule has 0 spiro atoms. The lowest BCUT2D eigenvalue weighted by Crippen LogP contribution is -2.57. The first kappa shape index (κ1) is 16.0. The van der Waals surface area contributed by atoms with Crippen LogP contribution < -0.4 is 5.32 Å². The van der Waals surface area contributed by atoms with Crippen molar-refractivity contribution >= 4 is 5.97 Å². The zero-order chi connectivity index (χ0) is 15.5. The number of aromatic nitrogens is 2. The van der Waals surface area contributed by atoms with E-state index in [-0.39, 0.29) is 6.04 Å². The maximum Gasteiger partial charge on any atom is 0.323 e. The van der Waals surface area contributed by atoms with Crippen LogP contribution in [-0.4, -0.2) is 50.7 Å². The summed E-state index contributed by atoms with van der Waals surface area (Å²) in [4.78, 5) is 18.3. The van der Waals surface area contributed by atoms with Crippen LogP contribution in [-0.2, 0) is 18.4 Å². The van der Waals surface area contributed by atoms with E-state index in [9.17, 15) is 9.90 Å². The average molecular weight is 294 g/mol. The zero-order valence-corrected chi connectivity index (χ0v) is 13.2. The van der Waals surface area contributed by atoms with Crippen LogP contribution in [0.3, 0.4) is 0 Å². The molecule has 1 aromatic heterocycles. The highest BCUT2D eigenvalue weighted by Crippen LogP contribution is 2.31. The van der Waals surface area contributed by atoms with Gasteiger partial charge in [0.05, 0.1) is 6.54 Å². The van der Waals surface area contributed by atoms with Gasteiger partial charge in [0.15, 0.2) is 0 Å². The number of likely N-dealkylation sites (N-methyl/N-ethyl adjacent to an activating group) is 1. The molecule has 1 aliphatic rings. The number of carboxylic acid groups (broad SMARTS) is 1. The topological polar surface area (TPSA) is 70.4 Å². The molecule has 2 rings (SSSR count). The molecule has 0 aromatic carbocycles. The van der Waals surface area contributed by atoms with E-state index in [2.05, 4.69) is 22.2 Å². The highest BCUT2D eigenvalue weighted by Gasteiger charge is 2.43. The van der Waals surface area contributed by atoms with Crippen molar-refractivity contribution in [2.24, 2.45) is 7.05 Å². The molecular weight excluding hydrogens is 268 g/mol. The number of hydrogen-bond donors (Lipinski definition) is 2. The average Bonchev–Trinajstić information content (AvgIpc) is 2.84. The molecule has 6 nitrogen and oxygen atoms in total. The SMILES string of the molecule is CCNC1(C(=O)O)CCCC(N(C)Cc2nccn2C)C1. The molecule has 2 N–H and O–H groups in total. The number of hydrogen-bond acceptors (Lipinski definition) is 4. The first-order valence-corrected chi connectivity index (χ1v) is 7.63. The fourth-order valence-corrected chi connectivity index (χ4v) is 3.29. The number of nitrogens with one attached hydrogen (secondary N) is 1. The van der Waals surface area contributed by atoms with Crippen LogP contribution in [0.15, 0.2) is 12.4 Å². The fourth-order valence-electron chi connectivity index (χ4n) is 3.29. The van der Waals surface area contributed by atoms with Crippen LogP contribution in [0, 0.1) is 0 Å². The third-order valence-electron chi connectivity index (χ3n) is 4.58. The van der Waals surface area contributed by atoms with Crippen molar-refractivity contribution in [1.82, 2.24) is 19.8 Å². The molecule has 1 aromatic rings. The van der Waals surface area contributed by atoms with Gasteiger partial charge in [-0.2, -0.15) is 0 Å². The molecule has 1 fully saturated rings. The van der Waals surface area contributed by atoms with E-state index in [1.807, 2.05) is 24.7 Å². The molecule has 2 atom stereocenters. The molecule has 118 valence electrons. The van der Waals surface area contributed by atoms with Crippen LogP contribution in [0.1, 0.15) is 38.4 Å². The number of carboxylic acids is 1. The molecule has 0 bridgehead atoms. The smallest absolute Gasteiger partial charge is 0.323 e. The minimum atomic E-state index is -0.770. The predicted octanol–water partition coefficient (Wildman–Crippen LogP) is 1.23. The van der Waals surface area contributed by atoms with E-state index in [1.165, 1.54) is 0 Å². The molecular formula is C15H26N4O2. The maximum absolute atomic E-state index is 11.7. The fraction of sp³-hybridized carbons (Fsp3) is 0.733. The zero-order valence-electron chi connectivity index (χ0n) is 13.2. The van der Waals surface area contributed by atoms with Gasteiger partial charge >= 0.3 is 5.97 Å². The number of aliphatic carboxylic acids is 1. The molecule has 0 saturated heterocycles. The van der Waals surface area contributed by atoms with Crippen molar-refractivity contribution in [3.63, 3.8) is 0 Å². The normalized spacial score (nSPS) is 26.2. The van der Waals surface area contributed by atoms with Crippen molar-refractivity contribution in [3.8, 4) is 0 Å². The minimum absolute atomic E-state index is 0.269. The van der Waals surface area contributed by atoms with Gasteiger partial charge in [-0.05, 0) is 39.3 Å². The molecule has 0 radical (unpaired) electrons. The Kier molecular flexibility index (Phi) is 5.00. The molecule has 1 aliphatic carbocycles. The Balaban J connectivity index is 2.06. The van der Waals surface area contributed by atoms with Gasteiger partial charge in [-0.3, -0.25) is 9.69 Å². The van der Waals surface area contributed by atoms with Gasteiger partial charge in [0.1, 0.15) is 11.4 Å². The van der Waals surface area contributed by atoms with E-state index in [0.717, 1.165) is 25.2 Å². The monoisotopic (exact) mass is 294 g/mol. The molecule has 6 heteroatoms. The summed E-state index contributed by atoms with van der Waals surface area (Å²) in [5.41, 5.74) is -0.770. The summed E-state index contributed by atoms with van der Waals surface area (Å²) < 4.78 is 2.01. The molecule has 1 saturated carbocycles. The Morgan fingerprint density at radius 3 is 3.00 bits per heavy atom. The highest BCUT2D eigenvalue weighted by molar-refractivity contribution is 5.79. The maximum atomic E-state index is 11.7. The van der Waals surface area contributed by atoms with Crippen molar-refractivity contribution < 1.29 is 9.90 Å². The molecule has 0 amide bonds. The highest BCUT2D eigenvalue weighted by atomic mass is 16.4. The summed E-state index contributed by atoms with van der Waals surface area (Å²) in [6, 6.07) is 0.269. The summed E-state index contributed by atoms with van der Waals surface area (Å²) >= 11 is 0. The van der Waals surface area contributed by atoms with E-state index in [0.29, 0.717) is 19.4 Å². The number of carbonyl (C=O) groups is 1.